The lowest BCUT2D eigenvalue weighted by Crippen LogP contribution is -2.51. The summed E-state index contributed by atoms with van der Waals surface area (Å²) in [6.07, 6.45) is 14.1. The van der Waals surface area contributed by atoms with E-state index >= 15 is 0 Å². The van der Waals surface area contributed by atoms with Crippen LogP contribution in [0.15, 0.2) is 22.8 Å². The summed E-state index contributed by atoms with van der Waals surface area (Å²) in [4.78, 5) is 15.6. The molecule has 9 atom stereocenters. The molecule has 0 aromatic heterocycles. The van der Waals surface area contributed by atoms with Crippen LogP contribution in [0.4, 0.5) is 0 Å². The number of hydrogen-bond acceptors (Lipinski definition) is 3. The lowest BCUT2D eigenvalue weighted by Gasteiger charge is -2.49. The van der Waals surface area contributed by atoms with Crippen molar-refractivity contribution in [3.63, 3.8) is 0 Å². The molecule has 6 rings (SSSR count). The zero-order valence-corrected chi connectivity index (χ0v) is 23.4. The molecule has 2 saturated heterocycles. The molecule has 0 aromatic rings. The molecule has 1 amide bonds. The highest BCUT2D eigenvalue weighted by molar-refractivity contribution is 5.77. The van der Waals surface area contributed by atoms with Crippen molar-refractivity contribution in [3.8, 4) is 0 Å². The number of allylic oxidation sites excluding steroid dienone is 2. The largest absolute Gasteiger partial charge is 0.393 e. The van der Waals surface area contributed by atoms with Crippen LogP contribution in [0.1, 0.15) is 105 Å². The average Bonchev–Trinajstić information content (AvgIpc) is 3.40. The lowest BCUT2D eigenvalue weighted by atomic mass is 9.56. The minimum absolute atomic E-state index is 0.141. The Balaban J connectivity index is 1.26. The Hall–Kier alpha value is -1.13. The molecule has 4 aliphatic carbocycles. The van der Waals surface area contributed by atoms with Gasteiger partial charge in [-0.25, -0.2) is 0 Å². The number of hydrogen-bond donors (Lipinski definition) is 1. The standard InChI is InChI=1S/C32H49NO3/c1-19(2)6-9-30(35)33-18-20(3)14-29-28(33)17-32(36-29)13-11-24-25-8-7-22-15-23(34)10-12-31(22,5)27(25)16-26(24)21(32)4/h7,19-20,23-25,27-29,34H,6,8-18H2,1-5H3. The Bertz CT molecular complexity index is 966. The van der Waals surface area contributed by atoms with Crippen LogP contribution in [0.5, 0.6) is 0 Å². The van der Waals surface area contributed by atoms with Gasteiger partial charge in [0.25, 0.3) is 0 Å². The first-order valence-corrected chi connectivity index (χ1v) is 15.2. The number of aliphatic hydroxyl groups excluding tert-OH is 1. The number of piperidine rings is 1. The van der Waals surface area contributed by atoms with Gasteiger partial charge < -0.3 is 14.7 Å². The van der Waals surface area contributed by atoms with E-state index in [0.717, 1.165) is 57.4 Å². The molecule has 2 saturated carbocycles. The maximum atomic E-state index is 13.3. The van der Waals surface area contributed by atoms with Crippen molar-refractivity contribution in [1.82, 2.24) is 4.90 Å². The van der Waals surface area contributed by atoms with Crippen LogP contribution >= 0.6 is 0 Å². The summed E-state index contributed by atoms with van der Waals surface area (Å²) in [6.45, 7) is 12.5. The molecule has 2 heterocycles. The van der Waals surface area contributed by atoms with E-state index in [9.17, 15) is 9.90 Å². The third kappa shape index (κ3) is 3.87. The van der Waals surface area contributed by atoms with Gasteiger partial charge in [-0.1, -0.05) is 44.9 Å². The Morgan fingerprint density at radius 2 is 2.06 bits per heavy atom. The van der Waals surface area contributed by atoms with E-state index in [1.807, 2.05) is 0 Å². The average molecular weight is 496 g/mol. The fraction of sp³-hybridized carbons (Fsp3) is 0.844. The van der Waals surface area contributed by atoms with Gasteiger partial charge in [-0.15, -0.1) is 0 Å². The van der Waals surface area contributed by atoms with Crippen LogP contribution < -0.4 is 0 Å². The first-order chi connectivity index (χ1) is 17.1. The van der Waals surface area contributed by atoms with E-state index in [0.29, 0.717) is 36.0 Å². The Labute approximate surface area is 218 Å². The molecule has 0 bridgehead atoms. The molecule has 0 aromatic carbocycles. The predicted octanol–water partition coefficient (Wildman–Crippen LogP) is 6.43. The van der Waals surface area contributed by atoms with Gasteiger partial charge in [0.1, 0.15) is 0 Å². The second kappa shape index (κ2) is 8.97. The number of carbonyl (C=O) groups excluding carboxylic acids is 1. The zero-order valence-electron chi connectivity index (χ0n) is 23.4. The van der Waals surface area contributed by atoms with Crippen molar-refractivity contribution < 1.29 is 14.6 Å². The van der Waals surface area contributed by atoms with Gasteiger partial charge in [0.15, 0.2) is 0 Å². The quantitative estimate of drug-likeness (QED) is 0.459. The monoisotopic (exact) mass is 495 g/mol. The highest BCUT2D eigenvalue weighted by Crippen LogP contribution is 2.64. The third-order valence-corrected chi connectivity index (χ3v) is 11.7. The number of amides is 1. The summed E-state index contributed by atoms with van der Waals surface area (Å²) in [5.74, 6) is 3.60. The fourth-order valence-corrected chi connectivity index (χ4v) is 9.62. The van der Waals surface area contributed by atoms with Gasteiger partial charge in [0.05, 0.1) is 23.9 Å². The Morgan fingerprint density at radius 1 is 1.25 bits per heavy atom. The van der Waals surface area contributed by atoms with Gasteiger partial charge in [-0.05, 0) is 105 Å². The minimum atomic E-state index is -0.158. The van der Waals surface area contributed by atoms with Crippen LogP contribution in [0, 0.1) is 35.0 Å². The predicted molar refractivity (Wildman–Crippen MR) is 143 cm³/mol. The van der Waals surface area contributed by atoms with E-state index < -0.39 is 0 Å². The van der Waals surface area contributed by atoms with Crippen molar-refractivity contribution in [2.45, 2.75) is 129 Å². The molecular weight excluding hydrogens is 446 g/mol. The van der Waals surface area contributed by atoms with Gasteiger partial charge in [-0.2, -0.15) is 0 Å². The first-order valence-electron chi connectivity index (χ1n) is 15.2. The first kappa shape index (κ1) is 25.2. The molecule has 1 spiro atoms. The van der Waals surface area contributed by atoms with Crippen molar-refractivity contribution in [2.24, 2.45) is 35.0 Å². The Kier molecular flexibility index (Phi) is 6.27. The number of nitrogens with zero attached hydrogens (tertiary/aromatic N) is 1. The van der Waals surface area contributed by atoms with Crippen LogP contribution in [-0.2, 0) is 9.53 Å². The van der Waals surface area contributed by atoms with Crippen molar-refractivity contribution in [2.75, 3.05) is 6.54 Å². The molecule has 36 heavy (non-hydrogen) atoms. The fourth-order valence-electron chi connectivity index (χ4n) is 9.62. The third-order valence-electron chi connectivity index (χ3n) is 11.7. The lowest BCUT2D eigenvalue weighted by molar-refractivity contribution is -0.139. The van der Waals surface area contributed by atoms with Crippen molar-refractivity contribution in [1.29, 1.82) is 0 Å². The van der Waals surface area contributed by atoms with Gasteiger partial charge >= 0.3 is 0 Å². The van der Waals surface area contributed by atoms with Crippen LogP contribution in [0.25, 0.3) is 0 Å². The molecule has 9 unspecified atom stereocenters. The van der Waals surface area contributed by atoms with Crippen molar-refractivity contribution in [3.05, 3.63) is 22.8 Å². The van der Waals surface area contributed by atoms with Crippen LogP contribution in [0.2, 0.25) is 0 Å². The maximum Gasteiger partial charge on any atom is 0.222 e. The number of rotatable bonds is 3. The molecular formula is C32H49NO3. The van der Waals surface area contributed by atoms with Crippen LogP contribution in [0.3, 0.4) is 0 Å². The Morgan fingerprint density at radius 3 is 2.83 bits per heavy atom. The highest BCUT2D eigenvalue weighted by Gasteiger charge is 2.59. The summed E-state index contributed by atoms with van der Waals surface area (Å²) in [5.41, 5.74) is 4.89. The van der Waals surface area contributed by atoms with E-state index in [1.54, 1.807) is 11.1 Å². The SMILES string of the molecule is CC1=C2CC3C(CC=C4CC(O)CCC43C)C2CCC12CC1C(CC(C)CN1C(=O)CCC(C)C)O2. The molecule has 4 heteroatoms. The summed E-state index contributed by atoms with van der Waals surface area (Å²) in [6, 6.07) is 0.252. The van der Waals surface area contributed by atoms with E-state index in [2.05, 4.69) is 45.6 Å². The van der Waals surface area contributed by atoms with Gasteiger partial charge in [0, 0.05) is 19.4 Å². The number of carbonyl (C=O) groups is 1. The number of ether oxygens (including phenoxy) is 1. The molecule has 6 aliphatic rings. The summed E-state index contributed by atoms with van der Waals surface area (Å²) in [7, 11) is 0. The van der Waals surface area contributed by atoms with E-state index in [1.165, 1.54) is 24.8 Å². The maximum absolute atomic E-state index is 13.3. The number of aliphatic hydroxyl groups is 1. The summed E-state index contributed by atoms with van der Waals surface area (Å²) < 4.78 is 7.09. The highest BCUT2D eigenvalue weighted by atomic mass is 16.5. The number of likely N-dealkylation sites (tertiary alicyclic amines) is 1. The molecule has 0 radical (unpaired) electrons. The molecule has 2 aliphatic heterocycles. The number of fused-ring (bicyclic) bond motifs is 6. The van der Waals surface area contributed by atoms with Gasteiger partial charge in [0.2, 0.25) is 5.91 Å². The minimum Gasteiger partial charge on any atom is -0.393 e. The smallest absolute Gasteiger partial charge is 0.222 e. The molecule has 4 nitrogen and oxygen atoms in total. The second-order valence-corrected chi connectivity index (χ2v) is 14.3. The van der Waals surface area contributed by atoms with E-state index in [-0.39, 0.29) is 29.3 Å². The van der Waals surface area contributed by atoms with Crippen molar-refractivity contribution >= 4 is 5.91 Å². The van der Waals surface area contributed by atoms with E-state index in [4.69, 9.17) is 4.74 Å². The molecule has 200 valence electrons. The second-order valence-electron chi connectivity index (χ2n) is 14.3. The van der Waals surface area contributed by atoms with Crippen LogP contribution in [-0.4, -0.2) is 46.3 Å². The normalized spacial score (nSPS) is 45.9. The molecule has 1 N–H and O–H groups in total. The zero-order chi connectivity index (χ0) is 25.4. The molecule has 4 fully saturated rings. The summed E-state index contributed by atoms with van der Waals surface area (Å²) >= 11 is 0. The summed E-state index contributed by atoms with van der Waals surface area (Å²) in [5, 5.41) is 10.3. The topological polar surface area (TPSA) is 49.8 Å². The van der Waals surface area contributed by atoms with Gasteiger partial charge in [-0.3, -0.25) is 4.79 Å².